The fraction of sp³-hybridized carbons (Fsp3) is 0.909. The zero-order chi connectivity index (χ0) is 9.97. The van der Waals surface area contributed by atoms with Crippen molar-refractivity contribution in [2.45, 2.75) is 57.2 Å². The SMILES string of the molecule is CC(=O)C1CCC(CCNC2CC2)N1. The largest absolute Gasteiger partial charge is 0.314 e. The molecule has 2 rings (SSSR count). The summed E-state index contributed by atoms with van der Waals surface area (Å²) in [4.78, 5) is 11.1. The molecule has 1 aliphatic heterocycles. The first-order valence-corrected chi connectivity index (χ1v) is 5.75. The number of rotatable bonds is 5. The van der Waals surface area contributed by atoms with Crippen LogP contribution in [0, 0.1) is 0 Å². The van der Waals surface area contributed by atoms with Gasteiger partial charge in [-0.25, -0.2) is 0 Å². The molecular weight excluding hydrogens is 176 g/mol. The summed E-state index contributed by atoms with van der Waals surface area (Å²) in [6.45, 7) is 2.79. The van der Waals surface area contributed by atoms with Crippen molar-refractivity contribution >= 4 is 5.78 Å². The summed E-state index contributed by atoms with van der Waals surface area (Å²) in [6, 6.07) is 1.51. The number of hydrogen-bond donors (Lipinski definition) is 2. The van der Waals surface area contributed by atoms with E-state index in [-0.39, 0.29) is 6.04 Å². The first-order valence-electron chi connectivity index (χ1n) is 5.75. The third-order valence-electron chi connectivity index (χ3n) is 3.23. The lowest BCUT2D eigenvalue weighted by Gasteiger charge is -2.12. The van der Waals surface area contributed by atoms with Crippen LogP contribution in [0.15, 0.2) is 0 Å². The van der Waals surface area contributed by atoms with Crippen molar-refractivity contribution in [2.24, 2.45) is 0 Å². The van der Waals surface area contributed by atoms with Crippen molar-refractivity contribution in [1.29, 1.82) is 0 Å². The third kappa shape index (κ3) is 2.79. The van der Waals surface area contributed by atoms with E-state index in [0.717, 1.165) is 25.4 Å². The van der Waals surface area contributed by atoms with Crippen molar-refractivity contribution in [3.63, 3.8) is 0 Å². The molecule has 2 unspecified atom stereocenters. The van der Waals surface area contributed by atoms with Gasteiger partial charge in [0.25, 0.3) is 0 Å². The number of Topliss-reactive ketones (excluding diaryl/α,β-unsaturated/α-hetero) is 1. The molecule has 0 aromatic rings. The van der Waals surface area contributed by atoms with E-state index in [1.54, 1.807) is 6.92 Å². The van der Waals surface area contributed by atoms with Crippen molar-refractivity contribution in [3.8, 4) is 0 Å². The molecule has 2 aliphatic rings. The smallest absolute Gasteiger partial charge is 0.146 e. The summed E-state index contributed by atoms with van der Waals surface area (Å²) < 4.78 is 0. The quantitative estimate of drug-likeness (QED) is 0.684. The molecular formula is C11H20N2O. The standard InChI is InChI=1S/C11H20N2O/c1-8(14)11-5-4-10(13-11)6-7-12-9-2-3-9/h9-13H,2-7H2,1H3. The molecule has 0 aromatic carbocycles. The number of nitrogens with one attached hydrogen (secondary N) is 2. The topological polar surface area (TPSA) is 41.1 Å². The first-order chi connectivity index (χ1) is 6.75. The van der Waals surface area contributed by atoms with Gasteiger partial charge in [-0.1, -0.05) is 0 Å². The van der Waals surface area contributed by atoms with E-state index >= 15 is 0 Å². The summed E-state index contributed by atoms with van der Waals surface area (Å²) in [6.07, 6.45) is 6.07. The van der Waals surface area contributed by atoms with Gasteiger partial charge in [0, 0.05) is 12.1 Å². The van der Waals surface area contributed by atoms with Crippen LogP contribution in [0.25, 0.3) is 0 Å². The maximum atomic E-state index is 11.1. The molecule has 0 bridgehead atoms. The van der Waals surface area contributed by atoms with Gasteiger partial charge in [0.1, 0.15) is 5.78 Å². The lowest BCUT2D eigenvalue weighted by atomic mass is 10.1. The van der Waals surface area contributed by atoms with Crippen LogP contribution >= 0.6 is 0 Å². The molecule has 1 saturated carbocycles. The Balaban J connectivity index is 1.60. The van der Waals surface area contributed by atoms with Crippen molar-refractivity contribution in [3.05, 3.63) is 0 Å². The van der Waals surface area contributed by atoms with Crippen LogP contribution in [0.1, 0.15) is 39.0 Å². The van der Waals surface area contributed by atoms with Crippen LogP contribution in [-0.4, -0.2) is 30.5 Å². The normalized spacial score (nSPS) is 32.1. The summed E-state index contributed by atoms with van der Waals surface area (Å²) in [7, 11) is 0. The fourth-order valence-electron chi connectivity index (χ4n) is 2.12. The Morgan fingerprint density at radius 2 is 2.14 bits per heavy atom. The van der Waals surface area contributed by atoms with Crippen LogP contribution in [-0.2, 0) is 4.79 Å². The molecule has 1 saturated heterocycles. The molecule has 2 N–H and O–H groups in total. The summed E-state index contributed by atoms with van der Waals surface area (Å²) in [5, 5.41) is 6.90. The van der Waals surface area contributed by atoms with Crippen molar-refractivity contribution in [1.82, 2.24) is 10.6 Å². The Morgan fingerprint density at radius 1 is 1.36 bits per heavy atom. The molecule has 0 aromatic heterocycles. The predicted molar refractivity (Wildman–Crippen MR) is 56.3 cm³/mol. The molecule has 80 valence electrons. The van der Waals surface area contributed by atoms with E-state index in [1.165, 1.54) is 19.3 Å². The summed E-state index contributed by atoms with van der Waals surface area (Å²) in [5.41, 5.74) is 0. The number of hydrogen-bond acceptors (Lipinski definition) is 3. The van der Waals surface area contributed by atoms with Crippen LogP contribution in [0.5, 0.6) is 0 Å². The number of ketones is 1. The lowest BCUT2D eigenvalue weighted by molar-refractivity contribution is -0.118. The van der Waals surface area contributed by atoms with Crippen molar-refractivity contribution < 1.29 is 4.79 Å². The Kier molecular flexibility index (Phi) is 3.19. The van der Waals surface area contributed by atoms with Gasteiger partial charge < -0.3 is 10.6 Å². The van der Waals surface area contributed by atoms with E-state index < -0.39 is 0 Å². The Bertz CT molecular complexity index is 213. The van der Waals surface area contributed by atoms with E-state index in [0.29, 0.717) is 11.8 Å². The molecule has 1 aliphatic carbocycles. The third-order valence-corrected chi connectivity index (χ3v) is 3.23. The molecule has 0 amide bonds. The zero-order valence-corrected chi connectivity index (χ0v) is 8.88. The van der Waals surface area contributed by atoms with E-state index in [9.17, 15) is 4.79 Å². The van der Waals surface area contributed by atoms with E-state index in [4.69, 9.17) is 0 Å². The second-order valence-electron chi connectivity index (χ2n) is 4.62. The minimum Gasteiger partial charge on any atom is -0.314 e. The van der Waals surface area contributed by atoms with E-state index in [1.807, 2.05) is 0 Å². The van der Waals surface area contributed by atoms with Gasteiger partial charge >= 0.3 is 0 Å². The number of carbonyl (C=O) groups is 1. The van der Waals surface area contributed by atoms with Gasteiger partial charge in [0.2, 0.25) is 0 Å². The molecule has 2 atom stereocenters. The highest BCUT2D eigenvalue weighted by Gasteiger charge is 2.27. The van der Waals surface area contributed by atoms with Crippen LogP contribution in [0.4, 0.5) is 0 Å². The predicted octanol–water partition coefficient (Wildman–Crippen LogP) is 0.838. The highest BCUT2D eigenvalue weighted by molar-refractivity contribution is 5.81. The second kappa shape index (κ2) is 4.41. The monoisotopic (exact) mass is 196 g/mol. The van der Waals surface area contributed by atoms with Crippen LogP contribution in [0.3, 0.4) is 0 Å². The summed E-state index contributed by atoms with van der Waals surface area (Å²) >= 11 is 0. The highest BCUT2D eigenvalue weighted by Crippen LogP contribution is 2.19. The van der Waals surface area contributed by atoms with Gasteiger partial charge in [0.15, 0.2) is 0 Å². The summed E-state index contributed by atoms with van der Waals surface area (Å²) in [5.74, 6) is 0.294. The fourth-order valence-corrected chi connectivity index (χ4v) is 2.12. The Labute approximate surface area is 85.6 Å². The van der Waals surface area contributed by atoms with Gasteiger partial charge in [-0.3, -0.25) is 4.79 Å². The zero-order valence-electron chi connectivity index (χ0n) is 8.88. The van der Waals surface area contributed by atoms with Gasteiger partial charge in [-0.2, -0.15) is 0 Å². The van der Waals surface area contributed by atoms with Gasteiger partial charge in [-0.15, -0.1) is 0 Å². The highest BCUT2D eigenvalue weighted by atomic mass is 16.1. The Morgan fingerprint density at radius 3 is 2.71 bits per heavy atom. The molecule has 1 heterocycles. The average molecular weight is 196 g/mol. The van der Waals surface area contributed by atoms with Crippen molar-refractivity contribution in [2.75, 3.05) is 6.54 Å². The average Bonchev–Trinajstić information content (AvgIpc) is 2.82. The Hall–Kier alpha value is -0.410. The maximum Gasteiger partial charge on any atom is 0.146 e. The second-order valence-corrected chi connectivity index (χ2v) is 4.62. The lowest BCUT2D eigenvalue weighted by Crippen LogP contribution is -2.36. The first kappa shape index (κ1) is 10.1. The molecule has 14 heavy (non-hydrogen) atoms. The molecule has 0 spiro atoms. The maximum absolute atomic E-state index is 11.1. The molecule has 0 radical (unpaired) electrons. The number of carbonyl (C=O) groups excluding carboxylic acids is 1. The van der Waals surface area contributed by atoms with Crippen LogP contribution < -0.4 is 10.6 Å². The minimum atomic E-state index is 0.140. The minimum absolute atomic E-state index is 0.140. The molecule has 3 nitrogen and oxygen atoms in total. The van der Waals surface area contributed by atoms with E-state index in [2.05, 4.69) is 10.6 Å². The van der Waals surface area contributed by atoms with Gasteiger partial charge in [0.05, 0.1) is 6.04 Å². The molecule has 2 fully saturated rings. The van der Waals surface area contributed by atoms with Crippen LogP contribution in [0.2, 0.25) is 0 Å². The van der Waals surface area contributed by atoms with Gasteiger partial charge in [-0.05, 0) is 45.6 Å². The molecule has 3 heteroatoms.